The molecule has 0 saturated carbocycles. The van der Waals surface area contributed by atoms with Crippen molar-refractivity contribution in [1.82, 2.24) is 19.7 Å². The van der Waals surface area contributed by atoms with Crippen LogP contribution in [-0.2, 0) is 11.5 Å². The molecule has 13 heteroatoms. The van der Waals surface area contributed by atoms with Gasteiger partial charge in [-0.25, -0.2) is 18.6 Å². The number of rotatable bonds is 9. The van der Waals surface area contributed by atoms with Gasteiger partial charge in [-0.1, -0.05) is 19.6 Å². The zero-order valence-electron chi connectivity index (χ0n) is 21.0. The van der Waals surface area contributed by atoms with Gasteiger partial charge in [0.2, 0.25) is 0 Å². The number of anilines is 2. The van der Waals surface area contributed by atoms with Crippen LogP contribution in [-0.4, -0.2) is 40.5 Å². The molecule has 0 unspecified atom stereocenters. The first-order valence-electron chi connectivity index (χ1n) is 11.6. The number of fused-ring (bicyclic) bond motifs is 1. The molecule has 0 fully saturated rings. The summed E-state index contributed by atoms with van der Waals surface area (Å²) < 4.78 is 42.8. The maximum Gasteiger partial charge on any atom is 0.324 e. The molecule has 0 aliphatic rings. The van der Waals surface area contributed by atoms with Crippen molar-refractivity contribution >= 4 is 36.6 Å². The van der Waals surface area contributed by atoms with Crippen molar-refractivity contribution in [2.75, 3.05) is 17.2 Å². The Balaban J connectivity index is 1.53. The number of hydrogen-bond donors (Lipinski definition) is 2. The standard InChI is InChI=1S/C25H25F2N7O3Si/c1-38(2,3)10-9-36-15-34-14-16(13-28)22-20(6-8-29-24(22)34)37-23-18(26)11-17(12-19(23)27)31-25(35)32-21-5-4-7-30-33-21/h4-8,11-12,14H,9-10,15H2,1-3H3,(H2,31,32,33,35). The van der Waals surface area contributed by atoms with Crippen molar-refractivity contribution < 1.29 is 23.0 Å². The van der Waals surface area contributed by atoms with Crippen LogP contribution in [0.25, 0.3) is 11.0 Å². The Morgan fingerprint density at radius 2 is 1.92 bits per heavy atom. The fourth-order valence-electron chi connectivity index (χ4n) is 3.48. The van der Waals surface area contributed by atoms with Crippen LogP contribution in [0.5, 0.6) is 11.5 Å². The van der Waals surface area contributed by atoms with E-state index in [4.69, 9.17) is 9.47 Å². The van der Waals surface area contributed by atoms with Gasteiger partial charge in [0.05, 0.1) is 10.9 Å². The van der Waals surface area contributed by atoms with Gasteiger partial charge in [0.25, 0.3) is 0 Å². The largest absolute Gasteiger partial charge is 0.450 e. The molecule has 0 spiro atoms. The second-order valence-electron chi connectivity index (χ2n) is 9.54. The summed E-state index contributed by atoms with van der Waals surface area (Å²) in [6, 6.07) is 8.59. The number of benzene rings is 1. The van der Waals surface area contributed by atoms with E-state index in [2.05, 4.69) is 51.5 Å². The molecule has 3 aromatic heterocycles. The first-order valence-corrected chi connectivity index (χ1v) is 15.3. The summed E-state index contributed by atoms with van der Waals surface area (Å²) in [7, 11) is -1.27. The SMILES string of the molecule is C[Si](C)(C)CCOCn1cc(C#N)c2c(Oc3c(F)cc(NC(=O)Nc4cccnn4)cc3F)ccnc21. The zero-order chi connectivity index (χ0) is 27.3. The number of amides is 2. The van der Waals surface area contributed by atoms with Gasteiger partial charge in [0.1, 0.15) is 24.2 Å². The highest BCUT2D eigenvalue weighted by atomic mass is 28.3. The fourth-order valence-corrected chi connectivity index (χ4v) is 4.24. The Labute approximate surface area is 218 Å². The van der Waals surface area contributed by atoms with Gasteiger partial charge in [-0.3, -0.25) is 5.32 Å². The number of nitriles is 1. The number of aromatic nitrogens is 4. The molecule has 4 rings (SSSR count). The van der Waals surface area contributed by atoms with Crippen molar-refractivity contribution in [2.45, 2.75) is 32.4 Å². The summed E-state index contributed by atoms with van der Waals surface area (Å²) >= 11 is 0. The van der Waals surface area contributed by atoms with E-state index >= 15 is 0 Å². The Bertz CT molecular complexity index is 1480. The van der Waals surface area contributed by atoms with E-state index < -0.39 is 31.5 Å². The minimum atomic E-state index is -1.27. The maximum absolute atomic E-state index is 14.9. The molecular formula is C25H25F2N7O3Si. The lowest BCUT2D eigenvalue weighted by Gasteiger charge is -2.15. The van der Waals surface area contributed by atoms with Crippen LogP contribution in [0.2, 0.25) is 25.7 Å². The van der Waals surface area contributed by atoms with Gasteiger partial charge in [0.15, 0.2) is 23.2 Å². The van der Waals surface area contributed by atoms with E-state index in [0.717, 1.165) is 18.2 Å². The Morgan fingerprint density at radius 3 is 2.58 bits per heavy atom. The number of nitrogens with one attached hydrogen (secondary N) is 2. The van der Waals surface area contributed by atoms with E-state index in [1.165, 1.54) is 24.5 Å². The molecule has 196 valence electrons. The van der Waals surface area contributed by atoms with E-state index in [0.29, 0.717) is 17.6 Å². The Kier molecular flexibility index (Phi) is 7.94. The summed E-state index contributed by atoms with van der Waals surface area (Å²) in [5.41, 5.74) is 0.455. The third kappa shape index (κ3) is 6.47. The van der Waals surface area contributed by atoms with Crippen LogP contribution in [0.4, 0.5) is 25.1 Å². The van der Waals surface area contributed by atoms with Crippen LogP contribution in [0.15, 0.2) is 48.9 Å². The lowest BCUT2D eigenvalue weighted by molar-refractivity contribution is 0.0898. The normalized spacial score (nSPS) is 11.3. The first kappa shape index (κ1) is 26.6. The minimum Gasteiger partial charge on any atom is -0.450 e. The highest BCUT2D eigenvalue weighted by Crippen LogP contribution is 2.35. The van der Waals surface area contributed by atoms with Crippen molar-refractivity contribution in [3.63, 3.8) is 0 Å². The summed E-state index contributed by atoms with van der Waals surface area (Å²) in [5.74, 6) is -2.60. The third-order valence-corrected chi connectivity index (χ3v) is 7.05. The molecule has 0 bridgehead atoms. The molecule has 0 aliphatic carbocycles. The smallest absolute Gasteiger partial charge is 0.324 e. The fraction of sp³-hybridized carbons (Fsp3) is 0.240. The molecule has 10 nitrogen and oxygen atoms in total. The second kappa shape index (κ2) is 11.3. The molecule has 0 radical (unpaired) electrons. The molecule has 4 aromatic rings. The summed E-state index contributed by atoms with van der Waals surface area (Å²) in [6.45, 7) is 7.47. The quantitative estimate of drug-likeness (QED) is 0.206. The molecule has 2 amide bonds. The van der Waals surface area contributed by atoms with E-state index in [1.807, 2.05) is 0 Å². The molecule has 38 heavy (non-hydrogen) atoms. The lowest BCUT2D eigenvalue weighted by atomic mass is 10.2. The molecule has 1 aromatic carbocycles. The van der Waals surface area contributed by atoms with Gasteiger partial charge in [0, 0.05) is 51.1 Å². The molecule has 2 N–H and O–H groups in total. The molecule has 0 aliphatic heterocycles. The van der Waals surface area contributed by atoms with Gasteiger partial charge < -0.3 is 19.4 Å². The lowest BCUT2D eigenvalue weighted by Crippen LogP contribution is -2.22. The predicted octanol–water partition coefficient (Wildman–Crippen LogP) is 5.72. The minimum absolute atomic E-state index is 0.0475. The van der Waals surface area contributed by atoms with Gasteiger partial charge >= 0.3 is 6.03 Å². The predicted molar refractivity (Wildman–Crippen MR) is 140 cm³/mol. The molecule has 0 saturated heterocycles. The molecular weight excluding hydrogens is 512 g/mol. The van der Waals surface area contributed by atoms with Gasteiger partial charge in [-0.15, -0.1) is 5.10 Å². The van der Waals surface area contributed by atoms with E-state index in [1.54, 1.807) is 16.8 Å². The number of hydrogen-bond acceptors (Lipinski definition) is 7. The number of urea groups is 1. The van der Waals surface area contributed by atoms with Crippen LogP contribution < -0.4 is 15.4 Å². The summed E-state index contributed by atoms with van der Waals surface area (Å²) in [5, 5.41) is 22.0. The van der Waals surface area contributed by atoms with Crippen LogP contribution in [0.3, 0.4) is 0 Å². The van der Waals surface area contributed by atoms with E-state index in [-0.39, 0.29) is 29.5 Å². The highest BCUT2D eigenvalue weighted by molar-refractivity contribution is 6.76. The topological polar surface area (TPSA) is 127 Å². The Hall–Kier alpha value is -4.41. The number of ether oxygens (including phenoxy) is 2. The van der Waals surface area contributed by atoms with Gasteiger partial charge in [-0.05, 0) is 24.2 Å². The maximum atomic E-state index is 14.9. The molecule has 3 heterocycles. The number of nitrogens with zero attached hydrogens (tertiary/aromatic N) is 5. The average molecular weight is 538 g/mol. The number of carbonyl (C=O) groups is 1. The van der Waals surface area contributed by atoms with Crippen LogP contribution in [0.1, 0.15) is 5.56 Å². The number of halogens is 2. The average Bonchev–Trinajstić information content (AvgIpc) is 3.22. The summed E-state index contributed by atoms with van der Waals surface area (Å²) in [4.78, 5) is 16.4. The second-order valence-corrected chi connectivity index (χ2v) is 15.2. The number of carbonyl (C=O) groups excluding carboxylic acids is 1. The van der Waals surface area contributed by atoms with Crippen LogP contribution >= 0.6 is 0 Å². The third-order valence-electron chi connectivity index (χ3n) is 5.35. The van der Waals surface area contributed by atoms with Crippen LogP contribution in [0, 0.1) is 23.0 Å². The number of pyridine rings is 1. The summed E-state index contributed by atoms with van der Waals surface area (Å²) in [6.07, 6.45) is 4.41. The van der Waals surface area contributed by atoms with E-state index in [9.17, 15) is 18.8 Å². The molecule has 0 atom stereocenters. The monoisotopic (exact) mass is 537 g/mol. The zero-order valence-corrected chi connectivity index (χ0v) is 22.0. The van der Waals surface area contributed by atoms with Crippen molar-refractivity contribution in [3.05, 3.63) is 66.1 Å². The van der Waals surface area contributed by atoms with Crippen molar-refractivity contribution in [3.8, 4) is 17.6 Å². The first-order chi connectivity index (χ1) is 18.1. The van der Waals surface area contributed by atoms with Crippen molar-refractivity contribution in [1.29, 1.82) is 5.26 Å². The van der Waals surface area contributed by atoms with Crippen molar-refractivity contribution in [2.24, 2.45) is 0 Å². The Morgan fingerprint density at radius 1 is 1.16 bits per heavy atom. The van der Waals surface area contributed by atoms with Gasteiger partial charge in [-0.2, -0.15) is 10.4 Å². The highest BCUT2D eigenvalue weighted by Gasteiger charge is 2.20.